The highest BCUT2D eigenvalue weighted by atomic mass is 16.5. The molecular formula is C22H29N3O5. The number of likely N-dealkylation sites (tertiary alicyclic amines) is 1. The van der Waals surface area contributed by atoms with Gasteiger partial charge >= 0.3 is 6.03 Å². The van der Waals surface area contributed by atoms with Gasteiger partial charge in [0.2, 0.25) is 5.91 Å². The van der Waals surface area contributed by atoms with Crippen LogP contribution >= 0.6 is 0 Å². The van der Waals surface area contributed by atoms with Crippen LogP contribution in [0.4, 0.5) is 10.5 Å². The van der Waals surface area contributed by atoms with Crippen LogP contribution in [0.5, 0.6) is 5.75 Å². The van der Waals surface area contributed by atoms with Gasteiger partial charge in [0, 0.05) is 25.4 Å². The number of hydrogen-bond donors (Lipinski definition) is 2. The number of fused-ring (bicyclic) bond motifs is 1. The van der Waals surface area contributed by atoms with Gasteiger partial charge < -0.3 is 20.1 Å². The summed E-state index contributed by atoms with van der Waals surface area (Å²) in [6, 6.07) is 5.50. The van der Waals surface area contributed by atoms with E-state index in [0.717, 1.165) is 30.6 Å². The normalized spacial score (nSPS) is 28.9. The molecule has 30 heavy (non-hydrogen) atoms. The first-order valence-electron chi connectivity index (χ1n) is 10.7. The Morgan fingerprint density at radius 2 is 2.00 bits per heavy atom. The number of piperidine rings is 1. The van der Waals surface area contributed by atoms with Gasteiger partial charge in [0.25, 0.3) is 5.91 Å². The Morgan fingerprint density at radius 3 is 2.73 bits per heavy atom. The molecule has 0 aromatic heterocycles. The second-order valence-corrected chi connectivity index (χ2v) is 8.55. The number of ether oxygens (including phenoxy) is 1. The summed E-state index contributed by atoms with van der Waals surface area (Å²) in [6.45, 7) is 1.13. The topological polar surface area (TPSA) is 99.2 Å². The fraction of sp³-hybridized carbons (Fsp3) is 0.591. The molecule has 4 amide bonds. The minimum absolute atomic E-state index is 0.0208. The van der Waals surface area contributed by atoms with Crippen LogP contribution in [-0.4, -0.2) is 59.7 Å². The fourth-order valence-electron chi connectivity index (χ4n) is 4.93. The maximum Gasteiger partial charge on any atom is 0.329 e. The molecule has 0 radical (unpaired) electrons. The monoisotopic (exact) mass is 415 g/mol. The van der Waals surface area contributed by atoms with Crippen molar-refractivity contribution in [1.82, 2.24) is 10.2 Å². The Balaban J connectivity index is 1.33. The number of imide groups is 1. The summed E-state index contributed by atoms with van der Waals surface area (Å²) in [7, 11) is 1.55. The number of nitrogens with zero attached hydrogens (tertiary/aromatic N) is 2. The number of hydrogen-bond acceptors (Lipinski definition) is 5. The van der Waals surface area contributed by atoms with Gasteiger partial charge in [0.1, 0.15) is 11.8 Å². The molecule has 0 spiro atoms. The van der Waals surface area contributed by atoms with E-state index in [4.69, 9.17) is 4.74 Å². The van der Waals surface area contributed by atoms with E-state index in [1.54, 1.807) is 31.4 Å². The van der Waals surface area contributed by atoms with E-state index >= 15 is 0 Å². The lowest BCUT2D eigenvalue weighted by Gasteiger charge is -2.47. The van der Waals surface area contributed by atoms with Crippen molar-refractivity contribution in [2.45, 2.75) is 56.6 Å². The number of methoxy groups -OCH3 is 1. The molecule has 8 heteroatoms. The summed E-state index contributed by atoms with van der Waals surface area (Å²) >= 11 is 0. The Labute approximate surface area is 176 Å². The van der Waals surface area contributed by atoms with Gasteiger partial charge in [0.15, 0.2) is 0 Å². The minimum Gasteiger partial charge on any atom is -0.497 e. The predicted molar refractivity (Wildman–Crippen MR) is 110 cm³/mol. The molecule has 1 aliphatic carbocycles. The molecule has 1 aromatic rings. The van der Waals surface area contributed by atoms with Gasteiger partial charge in [-0.05, 0) is 49.9 Å². The average Bonchev–Trinajstić information content (AvgIpc) is 3.04. The fourth-order valence-corrected chi connectivity index (χ4v) is 4.93. The summed E-state index contributed by atoms with van der Waals surface area (Å²) in [4.78, 5) is 40.7. The number of carbonyl (C=O) groups is 3. The zero-order valence-corrected chi connectivity index (χ0v) is 17.3. The highest BCUT2D eigenvalue weighted by Crippen LogP contribution is 2.40. The first-order valence-corrected chi connectivity index (χ1v) is 10.7. The third-order valence-corrected chi connectivity index (χ3v) is 6.78. The minimum atomic E-state index is -0.708. The number of anilines is 1. The Bertz CT molecular complexity index is 827. The SMILES string of the molecule is COc1ccc(N2C(=O)N[C@@H](CCC(=O)N3CC[C@]4(O)CCCC[C@H]4C3)C2=O)cc1. The van der Waals surface area contributed by atoms with E-state index in [0.29, 0.717) is 30.9 Å². The third kappa shape index (κ3) is 3.88. The molecule has 2 saturated heterocycles. The van der Waals surface area contributed by atoms with Gasteiger partial charge in [-0.25, -0.2) is 9.69 Å². The van der Waals surface area contributed by atoms with Crippen molar-refractivity contribution in [3.05, 3.63) is 24.3 Å². The second-order valence-electron chi connectivity index (χ2n) is 8.55. The molecule has 8 nitrogen and oxygen atoms in total. The van der Waals surface area contributed by atoms with Crippen LogP contribution in [0.25, 0.3) is 0 Å². The van der Waals surface area contributed by atoms with Gasteiger partial charge in [-0.1, -0.05) is 12.8 Å². The standard InChI is InChI=1S/C22H29N3O5/c1-30-17-7-5-16(6-8-17)25-20(27)18(23-21(25)28)9-10-19(26)24-13-12-22(29)11-3-2-4-15(22)14-24/h5-8,15,18,29H,2-4,9-14H2,1H3,(H,23,28)/t15-,18-,22+/m0/s1. The number of benzene rings is 1. The summed E-state index contributed by atoms with van der Waals surface area (Å²) in [5.74, 6) is 0.410. The molecule has 4 rings (SSSR count). The zero-order valence-electron chi connectivity index (χ0n) is 17.3. The zero-order chi connectivity index (χ0) is 21.3. The van der Waals surface area contributed by atoms with Gasteiger partial charge in [-0.15, -0.1) is 0 Å². The van der Waals surface area contributed by atoms with Crippen molar-refractivity contribution in [1.29, 1.82) is 0 Å². The molecule has 0 unspecified atom stereocenters. The van der Waals surface area contributed by atoms with Crippen molar-refractivity contribution in [2.75, 3.05) is 25.1 Å². The summed E-state index contributed by atoms with van der Waals surface area (Å²) < 4.78 is 5.11. The Morgan fingerprint density at radius 1 is 1.23 bits per heavy atom. The van der Waals surface area contributed by atoms with Gasteiger partial charge in [-0.3, -0.25) is 9.59 Å². The molecule has 1 saturated carbocycles. The molecule has 3 atom stereocenters. The van der Waals surface area contributed by atoms with E-state index in [2.05, 4.69) is 5.32 Å². The molecule has 2 heterocycles. The van der Waals surface area contributed by atoms with Crippen molar-refractivity contribution in [2.24, 2.45) is 5.92 Å². The first-order chi connectivity index (χ1) is 14.4. The van der Waals surface area contributed by atoms with Crippen LogP contribution in [0, 0.1) is 5.92 Å². The summed E-state index contributed by atoms with van der Waals surface area (Å²) in [6.07, 6.45) is 5.00. The second kappa shape index (κ2) is 8.26. The molecule has 3 fully saturated rings. The maximum absolute atomic E-state index is 12.7. The average molecular weight is 415 g/mol. The number of carbonyl (C=O) groups excluding carboxylic acids is 3. The lowest BCUT2D eigenvalue weighted by atomic mass is 9.71. The van der Waals surface area contributed by atoms with Crippen LogP contribution in [-0.2, 0) is 9.59 Å². The smallest absolute Gasteiger partial charge is 0.329 e. The molecule has 2 N–H and O–H groups in total. The van der Waals surface area contributed by atoms with Crippen molar-refractivity contribution >= 4 is 23.5 Å². The van der Waals surface area contributed by atoms with Crippen LogP contribution in [0.1, 0.15) is 44.9 Å². The van der Waals surface area contributed by atoms with E-state index in [1.165, 1.54) is 0 Å². The van der Waals surface area contributed by atoms with Crippen molar-refractivity contribution in [3.63, 3.8) is 0 Å². The maximum atomic E-state index is 12.7. The summed E-state index contributed by atoms with van der Waals surface area (Å²) in [5, 5.41) is 13.5. The predicted octanol–water partition coefficient (Wildman–Crippen LogP) is 2.05. The molecular weight excluding hydrogens is 386 g/mol. The van der Waals surface area contributed by atoms with E-state index < -0.39 is 17.7 Å². The number of aliphatic hydroxyl groups is 1. The van der Waals surface area contributed by atoms with E-state index in [-0.39, 0.29) is 30.6 Å². The molecule has 1 aromatic carbocycles. The van der Waals surface area contributed by atoms with Crippen LogP contribution in [0.15, 0.2) is 24.3 Å². The molecule has 0 bridgehead atoms. The van der Waals surface area contributed by atoms with Gasteiger partial charge in [-0.2, -0.15) is 0 Å². The summed E-state index contributed by atoms with van der Waals surface area (Å²) in [5.41, 5.74) is -0.150. The number of nitrogens with one attached hydrogen (secondary N) is 1. The molecule has 2 aliphatic heterocycles. The van der Waals surface area contributed by atoms with Crippen LogP contribution < -0.4 is 15.0 Å². The largest absolute Gasteiger partial charge is 0.497 e. The van der Waals surface area contributed by atoms with Gasteiger partial charge in [0.05, 0.1) is 18.4 Å². The Hall–Kier alpha value is -2.61. The van der Waals surface area contributed by atoms with Crippen molar-refractivity contribution in [3.8, 4) is 5.75 Å². The molecule has 3 aliphatic rings. The number of rotatable bonds is 5. The third-order valence-electron chi connectivity index (χ3n) is 6.78. The number of urea groups is 1. The van der Waals surface area contributed by atoms with E-state index in [1.807, 2.05) is 4.90 Å². The highest BCUT2D eigenvalue weighted by Gasteiger charge is 2.44. The number of amides is 4. The van der Waals surface area contributed by atoms with Crippen LogP contribution in [0.3, 0.4) is 0 Å². The lowest BCUT2D eigenvalue weighted by molar-refractivity contribution is -0.143. The Kier molecular flexibility index (Phi) is 5.69. The first kappa shape index (κ1) is 20.7. The lowest BCUT2D eigenvalue weighted by Crippen LogP contribution is -2.54. The highest BCUT2D eigenvalue weighted by molar-refractivity contribution is 6.21. The quantitative estimate of drug-likeness (QED) is 0.717. The molecule has 162 valence electrons. The van der Waals surface area contributed by atoms with Crippen molar-refractivity contribution < 1.29 is 24.2 Å². The van der Waals surface area contributed by atoms with E-state index in [9.17, 15) is 19.5 Å². The van der Waals surface area contributed by atoms with Crippen LogP contribution in [0.2, 0.25) is 0 Å².